The van der Waals surface area contributed by atoms with Gasteiger partial charge in [0.2, 0.25) is 0 Å². The molecule has 0 fully saturated rings. The number of aryl methyl sites for hydroxylation is 1. The monoisotopic (exact) mass is 313 g/mol. The Morgan fingerprint density at radius 2 is 2.06 bits per heavy atom. The highest BCUT2D eigenvalue weighted by Gasteiger charge is 2.15. The smallest absolute Gasteiger partial charge is 0.337 e. The van der Waals surface area contributed by atoms with Crippen molar-refractivity contribution in [3.05, 3.63) is 38.4 Å². The molecule has 0 spiro atoms. The molecule has 0 aliphatic heterocycles. The summed E-state index contributed by atoms with van der Waals surface area (Å²) in [7, 11) is 0. The molecule has 3 nitrogen and oxygen atoms in total. The first-order valence-electron chi connectivity index (χ1n) is 4.91. The van der Waals surface area contributed by atoms with Crippen molar-refractivity contribution in [2.24, 2.45) is 0 Å². The highest BCUT2D eigenvalue weighted by molar-refractivity contribution is 9.10. The van der Waals surface area contributed by atoms with Crippen LogP contribution in [-0.4, -0.2) is 16.1 Å². The number of rotatable bonds is 1. The van der Waals surface area contributed by atoms with E-state index in [1.807, 2.05) is 13.8 Å². The molecule has 5 heteroatoms. The van der Waals surface area contributed by atoms with E-state index in [1.165, 1.54) is 6.07 Å². The van der Waals surface area contributed by atoms with E-state index in [0.29, 0.717) is 20.4 Å². The Hall–Kier alpha value is -1.13. The van der Waals surface area contributed by atoms with E-state index in [9.17, 15) is 4.79 Å². The molecule has 0 saturated carbocycles. The van der Waals surface area contributed by atoms with E-state index in [0.717, 1.165) is 11.3 Å². The van der Waals surface area contributed by atoms with Crippen LogP contribution in [0.1, 0.15) is 21.6 Å². The predicted molar refractivity (Wildman–Crippen MR) is 70.9 cm³/mol. The first-order valence-corrected chi connectivity index (χ1v) is 6.08. The van der Waals surface area contributed by atoms with Crippen molar-refractivity contribution in [1.29, 1.82) is 0 Å². The predicted octanol–water partition coefficient (Wildman–Crippen LogP) is 3.97. The van der Waals surface area contributed by atoms with Gasteiger partial charge in [0, 0.05) is 15.6 Å². The van der Waals surface area contributed by atoms with Crippen LogP contribution in [-0.2, 0) is 0 Å². The molecule has 1 aromatic carbocycles. The van der Waals surface area contributed by atoms with Gasteiger partial charge in [0.25, 0.3) is 0 Å². The number of aromatic carboxylic acids is 1. The number of pyridine rings is 1. The fourth-order valence-corrected chi connectivity index (χ4v) is 2.40. The van der Waals surface area contributed by atoms with Crippen LogP contribution in [0.3, 0.4) is 0 Å². The summed E-state index contributed by atoms with van der Waals surface area (Å²) in [5, 5.41) is 10.4. The van der Waals surface area contributed by atoms with E-state index in [-0.39, 0.29) is 5.56 Å². The summed E-state index contributed by atoms with van der Waals surface area (Å²) in [6.07, 6.45) is 0. The lowest BCUT2D eigenvalue weighted by Gasteiger charge is -2.09. The van der Waals surface area contributed by atoms with Crippen LogP contribution in [0.4, 0.5) is 0 Å². The number of halogens is 2. The number of nitrogens with zero attached hydrogens (tertiary/aromatic N) is 1. The lowest BCUT2D eigenvalue weighted by atomic mass is 10.1. The fourth-order valence-electron chi connectivity index (χ4n) is 1.66. The second-order valence-corrected chi connectivity index (χ2v) is 5.08. The van der Waals surface area contributed by atoms with Crippen LogP contribution in [0.5, 0.6) is 0 Å². The van der Waals surface area contributed by atoms with Gasteiger partial charge in [0.15, 0.2) is 0 Å². The average molecular weight is 315 g/mol. The van der Waals surface area contributed by atoms with E-state index in [1.54, 1.807) is 6.07 Å². The van der Waals surface area contributed by atoms with Crippen LogP contribution in [0, 0.1) is 13.8 Å². The SMILES string of the molecule is Cc1nc2c(C(=O)O)cc(Br)cc2c(Cl)c1C. The van der Waals surface area contributed by atoms with Crippen LogP contribution >= 0.6 is 27.5 Å². The zero-order valence-corrected chi connectivity index (χ0v) is 11.6. The second kappa shape index (κ2) is 4.27. The third kappa shape index (κ3) is 2.03. The standard InChI is InChI=1S/C12H9BrClNO2/c1-5-6(2)15-11-8(10(5)14)3-7(13)4-9(11)12(16)17/h3-4H,1-2H3,(H,16,17). The summed E-state index contributed by atoms with van der Waals surface area (Å²) < 4.78 is 0.675. The normalized spacial score (nSPS) is 10.8. The van der Waals surface area contributed by atoms with Gasteiger partial charge < -0.3 is 5.11 Å². The molecule has 1 aromatic heterocycles. The molecule has 2 rings (SSSR count). The Kier molecular flexibility index (Phi) is 3.10. The summed E-state index contributed by atoms with van der Waals surface area (Å²) in [6.45, 7) is 3.68. The van der Waals surface area contributed by atoms with Gasteiger partial charge in [-0.15, -0.1) is 0 Å². The van der Waals surface area contributed by atoms with Crippen LogP contribution in [0.25, 0.3) is 10.9 Å². The number of fused-ring (bicyclic) bond motifs is 1. The zero-order valence-electron chi connectivity index (χ0n) is 9.21. The number of aromatic nitrogens is 1. The molecular formula is C12H9BrClNO2. The third-order valence-electron chi connectivity index (χ3n) is 2.69. The first kappa shape index (κ1) is 12.3. The molecule has 0 amide bonds. The average Bonchev–Trinajstić information content (AvgIpc) is 2.26. The molecule has 0 bridgehead atoms. The van der Waals surface area contributed by atoms with Crippen molar-refractivity contribution in [3.63, 3.8) is 0 Å². The van der Waals surface area contributed by atoms with Gasteiger partial charge in [0.05, 0.1) is 16.1 Å². The minimum Gasteiger partial charge on any atom is -0.478 e. The molecule has 0 aliphatic carbocycles. The molecule has 0 radical (unpaired) electrons. The van der Waals surface area contributed by atoms with Crippen molar-refractivity contribution in [1.82, 2.24) is 4.98 Å². The molecule has 2 aromatic rings. The molecule has 0 saturated heterocycles. The van der Waals surface area contributed by atoms with E-state index >= 15 is 0 Å². The topological polar surface area (TPSA) is 50.2 Å². The van der Waals surface area contributed by atoms with Gasteiger partial charge in [-0.3, -0.25) is 4.98 Å². The summed E-state index contributed by atoms with van der Waals surface area (Å²) >= 11 is 9.51. The maximum atomic E-state index is 11.2. The first-order chi connectivity index (χ1) is 7.91. The summed E-state index contributed by atoms with van der Waals surface area (Å²) in [4.78, 5) is 15.5. The Morgan fingerprint density at radius 3 is 2.65 bits per heavy atom. The Balaban J connectivity index is 2.99. The molecule has 88 valence electrons. The molecule has 17 heavy (non-hydrogen) atoms. The van der Waals surface area contributed by atoms with E-state index < -0.39 is 5.97 Å². The highest BCUT2D eigenvalue weighted by Crippen LogP contribution is 2.32. The largest absolute Gasteiger partial charge is 0.478 e. The Bertz CT molecular complexity index is 640. The van der Waals surface area contributed by atoms with Gasteiger partial charge in [-0.1, -0.05) is 27.5 Å². The minimum absolute atomic E-state index is 0.152. The fraction of sp³-hybridized carbons (Fsp3) is 0.167. The summed E-state index contributed by atoms with van der Waals surface area (Å²) in [5.41, 5.74) is 2.19. The van der Waals surface area contributed by atoms with Crippen molar-refractivity contribution in [3.8, 4) is 0 Å². The number of carboxylic acids is 1. The maximum absolute atomic E-state index is 11.2. The van der Waals surface area contributed by atoms with Crippen LogP contribution in [0.2, 0.25) is 5.02 Å². The summed E-state index contributed by atoms with van der Waals surface area (Å²) in [6, 6.07) is 3.31. The number of carbonyl (C=O) groups is 1. The zero-order chi connectivity index (χ0) is 12.7. The van der Waals surface area contributed by atoms with E-state index in [2.05, 4.69) is 20.9 Å². The molecule has 1 heterocycles. The van der Waals surface area contributed by atoms with Gasteiger partial charge >= 0.3 is 5.97 Å². The van der Waals surface area contributed by atoms with Crippen molar-refractivity contribution >= 4 is 44.4 Å². The maximum Gasteiger partial charge on any atom is 0.337 e. The van der Waals surface area contributed by atoms with Crippen LogP contribution < -0.4 is 0 Å². The Labute approximate surface area is 112 Å². The van der Waals surface area contributed by atoms with Crippen LogP contribution in [0.15, 0.2) is 16.6 Å². The quantitative estimate of drug-likeness (QED) is 0.866. The van der Waals surface area contributed by atoms with Crippen molar-refractivity contribution in [2.45, 2.75) is 13.8 Å². The molecule has 1 N–H and O–H groups in total. The second-order valence-electron chi connectivity index (χ2n) is 3.79. The highest BCUT2D eigenvalue weighted by atomic mass is 79.9. The molecule has 0 unspecified atom stereocenters. The lowest BCUT2D eigenvalue weighted by molar-refractivity contribution is 0.0699. The minimum atomic E-state index is -1.01. The van der Waals surface area contributed by atoms with Gasteiger partial charge in [0.1, 0.15) is 0 Å². The summed E-state index contributed by atoms with van der Waals surface area (Å²) in [5.74, 6) is -1.01. The van der Waals surface area contributed by atoms with Gasteiger partial charge in [-0.25, -0.2) is 4.79 Å². The Morgan fingerprint density at radius 1 is 1.41 bits per heavy atom. The molecule has 0 aliphatic rings. The number of benzene rings is 1. The van der Waals surface area contributed by atoms with Gasteiger partial charge in [-0.2, -0.15) is 0 Å². The van der Waals surface area contributed by atoms with Gasteiger partial charge in [-0.05, 0) is 31.5 Å². The van der Waals surface area contributed by atoms with Crippen molar-refractivity contribution in [2.75, 3.05) is 0 Å². The third-order valence-corrected chi connectivity index (χ3v) is 3.64. The molecular weight excluding hydrogens is 305 g/mol. The number of hydrogen-bond donors (Lipinski definition) is 1. The number of carboxylic acid groups (broad SMARTS) is 1. The lowest BCUT2D eigenvalue weighted by Crippen LogP contribution is -2.01. The number of hydrogen-bond acceptors (Lipinski definition) is 2. The van der Waals surface area contributed by atoms with Crippen molar-refractivity contribution < 1.29 is 9.90 Å². The molecule has 0 atom stereocenters. The van der Waals surface area contributed by atoms with E-state index in [4.69, 9.17) is 16.7 Å².